The molecule has 0 aliphatic heterocycles. The topological polar surface area (TPSA) is 0 Å². The van der Waals surface area contributed by atoms with Gasteiger partial charge in [-0.05, 0) is 0 Å². The van der Waals surface area contributed by atoms with Gasteiger partial charge in [0.2, 0.25) is 0 Å². The minimum absolute atomic E-state index is 0. The summed E-state index contributed by atoms with van der Waals surface area (Å²) in [5, 5.41) is 1.66. The Hall–Kier alpha value is 0.120. The fourth-order valence-electron chi connectivity index (χ4n) is 3.12. The monoisotopic (exact) mass is 399 g/mol. The Balaban J connectivity index is 0.000001000. The Morgan fingerprint density at radius 1 is 1.15 bits per heavy atom. The molecular weight excluding hydrogens is 382 g/mol. The van der Waals surface area contributed by atoms with Crippen LogP contribution in [0.25, 0.3) is 6.08 Å². The van der Waals surface area contributed by atoms with E-state index in [9.17, 15) is 0 Å². The summed E-state index contributed by atoms with van der Waals surface area (Å²) >= 11 is -1.23. The third-order valence-electron chi connectivity index (χ3n) is 4.08. The number of hydrogen-bond donors (Lipinski definition) is 0. The van der Waals surface area contributed by atoms with Crippen molar-refractivity contribution in [2.24, 2.45) is 0 Å². The van der Waals surface area contributed by atoms with Crippen LogP contribution in [0.1, 0.15) is 23.5 Å². The van der Waals surface area contributed by atoms with Crippen molar-refractivity contribution in [3.05, 3.63) is 61.6 Å². The van der Waals surface area contributed by atoms with Crippen LogP contribution in [0, 0.1) is 0 Å². The van der Waals surface area contributed by atoms with Gasteiger partial charge in [-0.25, -0.2) is 0 Å². The Morgan fingerprint density at radius 3 is 2.55 bits per heavy atom. The van der Waals surface area contributed by atoms with Gasteiger partial charge < -0.3 is 24.8 Å². The second-order valence-corrected chi connectivity index (χ2v) is 12.9. The van der Waals surface area contributed by atoms with E-state index >= 15 is 0 Å². The SMILES string of the molecule is [CH3][Zr+2]([CH3])[C]1=C(C2C=Cc3ccccc32)C([SiH3])=CC1.[Cl-].[Cl-]. The summed E-state index contributed by atoms with van der Waals surface area (Å²) in [5.74, 6) is 0.568. The van der Waals surface area contributed by atoms with E-state index in [2.05, 4.69) is 51.8 Å². The summed E-state index contributed by atoms with van der Waals surface area (Å²) < 4.78 is 6.90. The van der Waals surface area contributed by atoms with E-state index in [-0.39, 0.29) is 24.8 Å². The molecule has 4 heteroatoms. The Bertz CT molecular complexity index is 588. The molecule has 1 aromatic carbocycles. The molecule has 0 bridgehead atoms. The second kappa shape index (κ2) is 7.40. The zero-order valence-corrected chi connectivity index (χ0v) is 18.1. The second-order valence-electron chi connectivity index (χ2n) is 5.45. The first-order chi connectivity index (χ1) is 8.68. The maximum atomic E-state index is 2.52. The smallest absolute Gasteiger partial charge is 1.00 e. The minimum atomic E-state index is -1.23. The van der Waals surface area contributed by atoms with Crippen molar-refractivity contribution >= 4 is 16.3 Å². The molecule has 2 aliphatic rings. The standard InChI is InChI=1S/C14H13Si.2CH3.2ClH.Zr/c15-14-7-3-6-13(14)12-9-8-10-4-1-2-5-11(10)12;;;;;/h1-2,4-5,7-9,12H,3H2,15H3;2*1H3;2*1H;/q;;;;;+2/p-2. The number of hydrogen-bond acceptors (Lipinski definition) is 0. The van der Waals surface area contributed by atoms with Crippen molar-refractivity contribution in [2.45, 2.75) is 21.6 Å². The molecule has 0 saturated heterocycles. The van der Waals surface area contributed by atoms with Crippen molar-refractivity contribution in [1.82, 2.24) is 0 Å². The average molecular weight is 402 g/mol. The molecule has 1 unspecified atom stereocenters. The van der Waals surface area contributed by atoms with Crippen LogP contribution in [-0.4, -0.2) is 10.2 Å². The van der Waals surface area contributed by atoms with Crippen LogP contribution < -0.4 is 24.8 Å². The van der Waals surface area contributed by atoms with Gasteiger partial charge in [0.1, 0.15) is 0 Å². The third-order valence-corrected chi connectivity index (χ3v) is 9.15. The van der Waals surface area contributed by atoms with Crippen molar-refractivity contribution in [3.8, 4) is 0 Å². The molecule has 0 amide bonds. The van der Waals surface area contributed by atoms with E-state index in [0.717, 1.165) is 0 Å². The van der Waals surface area contributed by atoms with Crippen molar-refractivity contribution < 1.29 is 46.6 Å². The summed E-state index contributed by atoms with van der Waals surface area (Å²) in [5.41, 5.74) is 4.67. The first-order valence-electron chi connectivity index (χ1n) is 6.66. The predicted molar refractivity (Wildman–Crippen MR) is 79.6 cm³/mol. The predicted octanol–water partition coefficient (Wildman–Crippen LogP) is -2.57. The van der Waals surface area contributed by atoms with Gasteiger partial charge in [0.15, 0.2) is 0 Å². The largest absolute Gasteiger partial charge is 1.00 e. The van der Waals surface area contributed by atoms with Crippen LogP contribution in [0.4, 0.5) is 0 Å². The van der Waals surface area contributed by atoms with Crippen LogP contribution in [0.3, 0.4) is 0 Å². The fraction of sp³-hybridized carbons (Fsp3) is 0.250. The average Bonchev–Trinajstić information content (AvgIpc) is 2.92. The third kappa shape index (κ3) is 3.14. The van der Waals surface area contributed by atoms with Gasteiger partial charge in [-0.3, -0.25) is 0 Å². The molecule has 1 aromatic rings. The molecule has 0 radical (unpaired) electrons. The molecule has 1 atom stereocenters. The fourth-order valence-corrected chi connectivity index (χ4v) is 8.00. The van der Waals surface area contributed by atoms with Crippen LogP contribution in [0.15, 0.2) is 50.5 Å². The zero-order valence-electron chi connectivity index (χ0n) is 12.1. The summed E-state index contributed by atoms with van der Waals surface area (Å²) in [6.07, 6.45) is 8.50. The van der Waals surface area contributed by atoms with E-state index in [1.54, 1.807) is 10.8 Å². The molecule has 3 rings (SSSR count). The van der Waals surface area contributed by atoms with Crippen molar-refractivity contribution in [3.63, 3.8) is 0 Å². The van der Waals surface area contributed by atoms with Gasteiger partial charge in [-0.1, -0.05) is 0 Å². The van der Waals surface area contributed by atoms with Crippen LogP contribution in [0.5, 0.6) is 0 Å². The molecule has 0 fully saturated rings. The normalized spacial score (nSPS) is 19.3. The van der Waals surface area contributed by atoms with E-state index in [4.69, 9.17) is 0 Å². The Labute approximate surface area is 145 Å². The van der Waals surface area contributed by atoms with Crippen LogP contribution in [0.2, 0.25) is 9.26 Å². The number of allylic oxidation sites excluding steroid dienone is 5. The van der Waals surface area contributed by atoms with Gasteiger partial charge in [-0.15, -0.1) is 0 Å². The van der Waals surface area contributed by atoms with E-state index in [1.807, 2.05) is 3.28 Å². The van der Waals surface area contributed by atoms with Crippen LogP contribution >= 0.6 is 0 Å². The Kier molecular flexibility index (Phi) is 6.73. The number of fused-ring (bicyclic) bond motifs is 1. The van der Waals surface area contributed by atoms with Gasteiger partial charge in [0.25, 0.3) is 0 Å². The number of halogens is 2. The van der Waals surface area contributed by atoms with Gasteiger partial charge in [-0.2, -0.15) is 0 Å². The maximum Gasteiger partial charge on any atom is -1.00 e. The molecule has 105 valence electrons. The summed E-state index contributed by atoms with van der Waals surface area (Å²) in [6, 6.07) is 8.89. The molecule has 0 N–H and O–H groups in total. The molecule has 20 heavy (non-hydrogen) atoms. The van der Waals surface area contributed by atoms with Gasteiger partial charge in [0.05, 0.1) is 0 Å². The van der Waals surface area contributed by atoms with Gasteiger partial charge >= 0.3 is 121 Å². The molecule has 0 saturated carbocycles. The molecular formula is C16H19Cl2SiZr. The summed E-state index contributed by atoms with van der Waals surface area (Å²) in [4.78, 5) is 0. The molecule has 2 aliphatic carbocycles. The molecule has 0 aromatic heterocycles. The van der Waals surface area contributed by atoms with Crippen LogP contribution in [-0.2, 0) is 21.8 Å². The molecule has 0 nitrogen and oxygen atoms in total. The first kappa shape index (κ1) is 18.2. The molecule has 0 spiro atoms. The van der Waals surface area contributed by atoms with Crippen molar-refractivity contribution in [2.75, 3.05) is 0 Å². The minimum Gasteiger partial charge on any atom is -1.00 e. The van der Waals surface area contributed by atoms with E-state index < -0.39 is 21.8 Å². The summed E-state index contributed by atoms with van der Waals surface area (Å²) in [7, 11) is 1.20. The van der Waals surface area contributed by atoms with Crippen molar-refractivity contribution in [1.29, 1.82) is 0 Å². The number of benzene rings is 1. The quantitative estimate of drug-likeness (QED) is 0.478. The van der Waals surface area contributed by atoms with Gasteiger partial charge in [0, 0.05) is 0 Å². The molecule has 0 heterocycles. The first-order valence-corrected chi connectivity index (χ1v) is 13.8. The Morgan fingerprint density at radius 2 is 1.85 bits per heavy atom. The van der Waals surface area contributed by atoms with E-state index in [1.165, 1.54) is 27.8 Å². The zero-order chi connectivity index (χ0) is 12.7. The summed E-state index contributed by atoms with van der Waals surface area (Å²) in [6.45, 7) is 0. The number of rotatable bonds is 2. The van der Waals surface area contributed by atoms with E-state index in [0.29, 0.717) is 5.92 Å². The maximum absolute atomic E-state index is 2.52.